The average molecular weight is 405 g/mol. The first-order valence-electron chi connectivity index (χ1n) is 9.60. The maximum absolute atomic E-state index is 12.5. The Morgan fingerprint density at radius 3 is 2.39 bits per heavy atom. The fourth-order valence-electron chi connectivity index (χ4n) is 3.58. The fourth-order valence-corrected chi connectivity index (χ4v) is 4.05. The average Bonchev–Trinajstić information content (AvgIpc) is 3.09. The van der Waals surface area contributed by atoms with Crippen molar-refractivity contribution in [1.82, 2.24) is 19.2 Å². The Labute approximate surface area is 166 Å². The number of piperidine rings is 1. The third-order valence-electron chi connectivity index (χ3n) is 5.15. The van der Waals surface area contributed by atoms with E-state index in [1.807, 2.05) is 11.9 Å². The van der Waals surface area contributed by atoms with Crippen LogP contribution in [0.25, 0.3) is 0 Å². The number of rotatable bonds is 7. The minimum Gasteiger partial charge on any atom is -0.340 e. The number of benzene rings is 1. The van der Waals surface area contributed by atoms with Crippen molar-refractivity contribution >= 4 is 15.9 Å². The minimum absolute atomic E-state index is 0.0195. The van der Waals surface area contributed by atoms with E-state index in [1.165, 1.54) is 11.8 Å². The van der Waals surface area contributed by atoms with Crippen molar-refractivity contribution < 1.29 is 13.2 Å². The molecule has 1 saturated heterocycles. The number of carbonyl (C=O) groups is 1. The minimum atomic E-state index is -3.13. The van der Waals surface area contributed by atoms with Gasteiger partial charge in [-0.3, -0.25) is 4.79 Å². The zero-order valence-electron chi connectivity index (χ0n) is 16.5. The highest BCUT2D eigenvalue weighted by molar-refractivity contribution is 7.88. The van der Waals surface area contributed by atoms with E-state index in [2.05, 4.69) is 34.0 Å². The summed E-state index contributed by atoms with van der Waals surface area (Å²) in [5.41, 5.74) is 2.92. The molecule has 0 aliphatic carbocycles. The molecule has 0 atom stereocenters. The zero-order valence-corrected chi connectivity index (χ0v) is 17.3. The van der Waals surface area contributed by atoms with Crippen LogP contribution in [0.2, 0.25) is 0 Å². The van der Waals surface area contributed by atoms with Crippen LogP contribution >= 0.6 is 0 Å². The van der Waals surface area contributed by atoms with Gasteiger partial charge >= 0.3 is 0 Å². The maximum atomic E-state index is 12.5. The van der Waals surface area contributed by atoms with Crippen molar-refractivity contribution in [1.29, 1.82) is 0 Å². The van der Waals surface area contributed by atoms with Gasteiger partial charge in [0.2, 0.25) is 10.0 Å². The predicted octanol–water partition coefficient (Wildman–Crippen LogP) is 1.61. The number of imidazole rings is 1. The molecule has 1 aromatic carbocycles. The molecule has 1 fully saturated rings. The summed E-state index contributed by atoms with van der Waals surface area (Å²) in [5.74, 6) is 0.594. The monoisotopic (exact) mass is 404 g/mol. The first-order valence-corrected chi connectivity index (χ1v) is 11.5. The van der Waals surface area contributed by atoms with Gasteiger partial charge in [-0.1, -0.05) is 24.3 Å². The van der Waals surface area contributed by atoms with Crippen molar-refractivity contribution in [2.75, 3.05) is 25.9 Å². The molecule has 3 rings (SSSR count). The molecule has 8 heteroatoms. The molecule has 1 aromatic heterocycles. The molecular formula is C20H28N4O3S. The van der Waals surface area contributed by atoms with Crippen LogP contribution in [-0.4, -0.2) is 54.7 Å². The standard InChI is InChI=1S/C20H28N4O3S/c1-23-14-19(21-15-23)20(25)24-11-8-18(9-12-24)13-17-5-3-16(4-6-17)7-10-22-28(2,26)27/h3-6,14-15,18,22H,7-13H2,1-2H3. The van der Waals surface area contributed by atoms with Gasteiger partial charge in [-0.2, -0.15) is 0 Å². The van der Waals surface area contributed by atoms with Crippen molar-refractivity contribution in [3.8, 4) is 0 Å². The summed E-state index contributed by atoms with van der Waals surface area (Å²) in [6, 6.07) is 8.39. The summed E-state index contributed by atoms with van der Waals surface area (Å²) < 4.78 is 26.5. The largest absolute Gasteiger partial charge is 0.340 e. The van der Waals surface area contributed by atoms with Crippen LogP contribution in [0.4, 0.5) is 0 Å². The van der Waals surface area contributed by atoms with Gasteiger partial charge in [0.05, 0.1) is 12.6 Å². The lowest BCUT2D eigenvalue weighted by molar-refractivity contribution is 0.0685. The lowest BCUT2D eigenvalue weighted by atomic mass is 9.89. The fraction of sp³-hybridized carbons (Fsp3) is 0.500. The number of hydrogen-bond donors (Lipinski definition) is 1. The van der Waals surface area contributed by atoms with E-state index in [1.54, 1.807) is 17.1 Å². The number of aromatic nitrogens is 2. The predicted molar refractivity (Wildman–Crippen MR) is 109 cm³/mol. The number of carbonyl (C=O) groups excluding carboxylic acids is 1. The summed E-state index contributed by atoms with van der Waals surface area (Å²) in [7, 11) is -1.27. The Hall–Kier alpha value is -2.19. The van der Waals surface area contributed by atoms with Crippen molar-refractivity contribution in [2.45, 2.75) is 25.7 Å². The number of likely N-dealkylation sites (tertiary alicyclic amines) is 1. The van der Waals surface area contributed by atoms with E-state index >= 15 is 0 Å². The maximum Gasteiger partial charge on any atom is 0.274 e. The van der Waals surface area contributed by atoms with Gasteiger partial charge in [0.15, 0.2) is 0 Å². The van der Waals surface area contributed by atoms with E-state index in [0.717, 1.165) is 37.9 Å². The van der Waals surface area contributed by atoms with Crippen LogP contribution in [0.15, 0.2) is 36.8 Å². The quantitative estimate of drug-likeness (QED) is 0.760. The molecule has 0 saturated carbocycles. The van der Waals surface area contributed by atoms with Crippen molar-refractivity contribution in [2.24, 2.45) is 13.0 Å². The number of aryl methyl sites for hydroxylation is 1. The second-order valence-electron chi connectivity index (χ2n) is 7.60. The second-order valence-corrected chi connectivity index (χ2v) is 9.43. The molecular weight excluding hydrogens is 376 g/mol. The number of sulfonamides is 1. The van der Waals surface area contributed by atoms with Gasteiger partial charge < -0.3 is 9.47 Å². The third-order valence-corrected chi connectivity index (χ3v) is 5.88. The first-order chi connectivity index (χ1) is 13.3. The lowest BCUT2D eigenvalue weighted by Gasteiger charge is -2.31. The SMILES string of the molecule is Cn1cnc(C(=O)N2CCC(Cc3ccc(CCNS(C)(=O)=O)cc3)CC2)c1. The first kappa shape index (κ1) is 20.5. The smallest absolute Gasteiger partial charge is 0.274 e. The molecule has 28 heavy (non-hydrogen) atoms. The summed E-state index contributed by atoms with van der Waals surface area (Å²) in [6.07, 6.45) is 8.28. The molecule has 0 spiro atoms. The van der Waals surface area contributed by atoms with Crippen LogP contribution in [0.5, 0.6) is 0 Å². The summed E-state index contributed by atoms with van der Waals surface area (Å²) >= 11 is 0. The Balaban J connectivity index is 1.45. The zero-order chi connectivity index (χ0) is 20.1. The Bertz CT molecular complexity index is 898. The molecule has 1 amide bonds. The highest BCUT2D eigenvalue weighted by Crippen LogP contribution is 2.23. The van der Waals surface area contributed by atoms with Gasteiger partial charge in [0.25, 0.3) is 5.91 Å². The summed E-state index contributed by atoms with van der Waals surface area (Å²) in [5, 5.41) is 0. The van der Waals surface area contributed by atoms with Crippen LogP contribution in [-0.2, 0) is 29.9 Å². The van der Waals surface area contributed by atoms with Gasteiger partial charge in [-0.25, -0.2) is 18.1 Å². The molecule has 1 aliphatic rings. The second kappa shape index (κ2) is 8.87. The van der Waals surface area contributed by atoms with E-state index in [-0.39, 0.29) is 5.91 Å². The molecule has 0 radical (unpaired) electrons. The number of hydrogen-bond acceptors (Lipinski definition) is 4. The Morgan fingerprint density at radius 2 is 1.82 bits per heavy atom. The molecule has 1 aliphatic heterocycles. The molecule has 2 aromatic rings. The highest BCUT2D eigenvalue weighted by atomic mass is 32.2. The molecule has 7 nitrogen and oxygen atoms in total. The molecule has 1 N–H and O–H groups in total. The summed E-state index contributed by atoms with van der Waals surface area (Å²) in [6.45, 7) is 1.96. The van der Waals surface area contributed by atoms with E-state index < -0.39 is 10.0 Å². The van der Waals surface area contributed by atoms with Gasteiger partial charge in [-0.05, 0) is 42.7 Å². The normalized spacial score (nSPS) is 15.7. The summed E-state index contributed by atoms with van der Waals surface area (Å²) in [4.78, 5) is 18.5. The lowest BCUT2D eigenvalue weighted by Crippen LogP contribution is -2.39. The van der Waals surface area contributed by atoms with Crippen LogP contribution in [0, 0.1) is 5.92 Å². The van der Waals surface area contributed by atoms with Gasteiger partial charge in [0.1, 0.15) is 5.69 Å². The van der Waals surface area contributed by atoms with Crippen molar-refractivity contribution in [3.63, 3.8) is 0 Å². The topological polar surface area (TPSA) is 84.3 Å². The number of nitrogens with one attached hydrogen (secondary N) is 1. The van der Waals surface area contributed by atoms with Gasteiger partial charge in [0, 0.05) is 32.9 Å². The third kappa shape index (κ3) is 5.90. The number of nitrogens with zero attached hydrogens (tertiary/aromatic N) is 3. The van der Waals surface area contributed by atoms with Crippen LogP contribution in [0.1, 0.15) is 34.5 Å². The Morgan fingerprint density at radius 1 is 1.18 bits per heavy atom. The molecule has 0 bridgehead atoms. The number of amides is 1. The molecule has 152 valence electrons. The van der Waals surface area contributed by atoms with E-state index in [0.29, 0.717) is 24.6 Å². The Kier molecular flexibility index (Phi) is 6.51. The van der Waals surface area contributed by atoms with E-state index in [9.17, 15) is 13.2 Å². The van der Waals surface area contributed by atoms with Crippen LogP contribution < -0.4 is 4.72 Å². The highest BCUT2D eigenvalue weighted by Gasteiger charge is 2.24. The van der Waals surface area contributed by atoms with Crippen LogP contribution in [0.3, 0.4) is 0 Å². The van der Waals surface area contributed by atoms with E-state index in [4.69, 9.17) is 0 Å². The molecule has 0 unspecified atom stereocenters. The van der Waals surface area contributed by atoms with Crippen molar-refractivity contribution in [3.05, 3.63) is 53.6 Å². The molecule has 2 heterocycles. The van der Waals surface area contributed by atoms with Gasteiger partial charge in [-0.15, -0.1) is 0 Å².